The first-order valence-corrected chi connectivity index (χ1v) is 6.46. The van der Waals surface area contributed by atoms with Gasteiger partial charge in [-0.2, -0.15) is 0 Å². The lowest BCUT2D eigenvalue weighted by Gasteiger charge is -2.26. The minimum atomic E-state index is -0.923. The summed E-state index contributed by atoms with van der Waals surface area (Å²) in [4.78, 5) is 22.3. The van der Waals surface area contributed by atoms with E-state index in [1.807, 2.05) is 6.92 Å². The molecule has 0 heterocycles. The average Bonchev–Trinajstić information content (AvgIpc) is 2.13. The summed E-state index contributed by atoms with van der Waals surface area (Å²) in [5, 5.41) is 14.2. The molecule has 0 saturated heterocycles. The fraction of sp³-hybridized carbons (Fsp3) is 0.846. The highest BCUT2D eigenvalue weighted by Crippen LogP contribution is 2.10. The van der Waals surface area contributed by atoms with Crippen LogP contribution < -0.4 is 10.6 Å². The van der Waals surface area contributed by atoms with Gasteiger partial charge in [-0.15, -0.1) is 0 Å². The van der Waals surface area contributed by atoms with E-state index in [9.17, 15) is 9.59 Å². The van der Waals surface area contributed by atoms with Crippen LogP contribution in [-0.4, -0.2) is 28.7 Å². The zero-order valence-corrected chi connectivity index (χ0v) is 12.0. The van der Waals surface area contributed by atoms with Crippen LogP contribution in [0.25, 0.3) is 0 Å². The molecule has 0 bridgehead atoms. The van der Waals surface area contributed by atoms with Crippen LogP contribution in [0.5, 0.6) is 0 Å². The van der Waals surface area contributed by atoms with Crippen LogP contribution in [0.3, 0.4) is 0 Å². The number of hydrogen-bond donors (Lipinski definition) is 3. The smallest absolute Gasteiger partial charge is 0.315 e. The Morgan fingerprint density at radius 3 is 2.28 bits per heavy atom. The van der Waals surface area contributed by atoms with Crippen LogP contribution in [0.1, 0.15) is 53.9 Å². The lowest BCUT2D eigenvalue weighted by Crippen LogP contribution is -2.51. The number of aliphatic carboxylic acids is 1. The average molecular weight is 258 g/mol. The summed E-state index contributed by atoms with van der Waals surface area (Å²) in [6.07, 6.45) is 1.90. The number of urea groups is 1. The summed E-state index contributed by atoms with van der Waals surface area (Å²) in [5.74, 6) is -0.361. The second kappa shape index (κ2) is 7.24. The quantitative estimate of drug-likeness (QED) is 0.656. The van der Waals surface area contributed by atoms with Gasteiger partial charge in [0.2, 0.25) is 0 Å². The number of carboxylic acid groups (broad SMARTS) is 1. The fourth-order valence-electron chi connectivity index (χ4n) is 1.82. The molecule has 3 N–H and O–H groups in total. The van der Waals surface area contributed by atoms with Crippen molar-refractivity contribution in [1.82, 2.24) is 10.6 Å². The minimum absolute atomic E-state index is 0.0839. The Morgan fingerprint density at radius 2 is 1.83 bits per heavy atom. The number of nitrogens with one attached hydrogen (secondary N) is 2. The SMILES string of the molecule is CCC(C)CC(C)NC(=O)NC(C)(C)CC(=O)O. The van der Waals surface area contributed by atoms with E-state index < -0.39 is 11.5 Å². The molecule has 0 aromatic heterocycles. The van der Waals surface area contributed by atoms with E-state index in [0.29, 0.717) is 5.92 Å². The third-order valence-electron chi connectivity index (χ3n) is 2.88. The van der Waals surface area contributed by atoms with Crippen LogP contribution in [0, 0.1) is 5.92 Å². The summed E-state index contributed by atoms with van der Waals surface area (Å²) >= 11 is 0. The van der Waals surface area contributed by atoms with Crippen molar-refractivity contribution in [3.8, 4) is 0 Å². The van der Waals surface area contributed by atoms with Crippen LogP contribution in [0.15, 0.2) is 0 Å². The number of amides is 2. The molecule has 2 unspecified atom stereocenters. The molecule has 0 fully saturated rings. The Kier molecular flexibility index (Phi) is 6.73. The topological polar surface area (TPSA) is 78.4 Å². The molecule has 0 radical (unpaired) electrons. The van der Waals surface area contributed by atoms with Crippen molar-refractivity contribution in [2.24, 2.45) is 5.92 Å². The molecule has 0 saturated carbocycles. The van der Waals surface area contributed by atoms with Crippen molar-refractivity contribution in [1.29, 1.82) is 0 Å². The monoisotopic (exact) mass is 258 g/mol. The number of carboxylic acids is 1. The van der Waals surface area contributed by atoms with Crippen LogP contribution in [-0.2, 0) is 4.79 Å². The zero-order valence-electron chi connectivity index (χ0n) is 12.0. The standard InChI is InChI=1S/C13H26N2O3/c1-6-9(2)7-10(3)14-12(18)15-13(4,5)8-11(16)17/h9-10H,6-8H2,1-5H3,(H,16,17)(H2,14,15,18). The molecular weight excluding hydrogens is 232 g/mol. The van der Waals surface area contributed by atoms with Crippen molar-refractivity contribution in [3.63, 3.8) is 0 Å². The van der Waals surface area contributed by atoms with E-state index in [1.54, 1.807) is 13.8 Å². The van der Waals surface area contributed by atoms with E-state index in [2.05, 4.69) is 24.5 Å². The number of carbonyl (C=O) groups excluding carboxylic acids is 1. The molecule has 5 heteroatoms. The highest BCUT2D eigenvalue weighted by molar-refractivity contribution is 5.76. The van der Waals surface area contributed by atoms with Gasteiger partial charge in [0.25, 0.3) is 0 Å². The summed E-state index contributed by atoms with van der Waals surface area (Å²) in [6.45, 7) is 9.61. The number of hydrogen-bond acceptors (Lipinski definition) is 2. The largest absolute Gasteiger partial charge is 0.481 e. The van der Waals surface area contributed by atoms with Gasteiger partial charge in [0.15, 0.2) is 0 Å². The molecule has 0 aliphatic carbocycles. The Bertz CT molecular complexity index is 290. The number of rotatable bonds is 7. The summed E-state index contributed by atoms with van der Waals surface area (Å²) in [5.41, 5.74) is -0.744. The van der Waals surface area contributed by atoms with Gasteiger partial charge in [0, 0.05) is 11.6 Å². The first-order valence-electron chi connectivity index (χ1n) is 6.46. The van der Waals surface area contributed by atoms with E-state index in [-0.39, 0.29) is 18.5 Å². The molecule has 2 amide bonds. The van der Waals surface area contributed by atoms with Crippen LogP contribution >= 0.6 is 0 Å². The van der Waals surface area contributed by atoms with Crippen molar-refractivity contribution in [2.45, 2.75) is 65.5 Å². The van der Waals surface area contributed by atoms with E-state index in [1.165, 1.54) is 0 Å². The second-order valence-corrected chi connectivity index (χ2v) is 5.70. The molecule has 0 rings (SSSR count). The third-order valence-corrected chi connectivity index (χ3v) is 2.88. The van der Waals surface area contributed by atoms with Gasteiger partial charge in [0.05, 0.1) is 6.42 Å². The molecule has 106 valence electrons. The highest BCUT2D eigenvalue weighted by atomic mass is 16.4. The molecule has 0 aromatic carbocycles. The Morgan fingerprint density at radius 1 is 1.28 bits per heavy atom. The maximum Gasteiger partial charge on any atom is 0.315 e. The van der Waals surface area contributed by atoms with Gasteiger partial charge in [-0.1, -0.05) is 20.3 Å². The molecule has 18 heavy (non-hydrogen) atoms. The predicted molar refractivity (Wildman–Crippen MR) is 71.5 cm³/mol. The summed E-state index contributed by atoms with van der Waals surface area (Å²) in [7, 11) is 0. The van der Waals surface area contributed by atoms with E-state index in [4.69, 9.17) is 5.11 Å². The summed E-state index contributed by atoms with van der Waals surface area (Å²) in [6, 6.07) is -0.224. The molecular formula is C13H26N2O3. The fourth-order valence-corrected chi connectivity index (χ4v) is 1.82. The molecule has 2 atom stereocenters. The molecule has 0 aliphatic heterocycles. The first kappa shape index (κ1) is 16.7. The Labute approximate surface area is 109 Å². The second-order valence-electron chi connectivity index (χ2n) is 5.70. The number of carbonyl (C=O) groups is 2. The predicted octanol–water partition coefficient (Wildman–Crippen LogP) is 2.36. The van der Waals surface area contributed by atoms with Crippen molar-refractivity contribution >= 4 is 12.0 Å². The zero-order chi connectivity index (χ0) is 14.3. The third kappa shape index (κ3) is 7.92. The lowest BCUT2D eigenvalue weighted by molar-refractivity contribution is -0.138. The molecule has 0 aliphatic rings. The van der Waals surface area contributed by atoms with Gasteiger partial charge in [-0.05, 0) is 33.1 Å². The van der Waals surface area contributed by atoms with Crippen molar-refractivity contribution < 1.29 is 14.7 Å². The first-order chi connectivity index (χ1) is 8.16. The van der Waals surface area contributed by atoms with Gasteiger partial charge in [-0.25, -0.2) is 4.79 Å². The molecule has 5 nitrogen and oxygen atoms in total. The maximum atomic E-state index is 11.7. The molecule has 0 spiro atoms. The van der Waals surface area contributed by atoms with Crippen LogP contribution in [0.4, 0.5) is 4.79 Å². The van der Waals surface area contributed by atoms with Crippen LogP contribution in [0.2, 0.25) is 0 Å². The Hall–Kier alpha value is -1.26. The Balaban J connectivity index is 4.14. The lowest BCUT2D eigenvalue weighted by atomic mass is 10.00. The van der Waals surface area contributed by atoms with Gasteiger partial charge >= 0.3 is 12.0 Å². The van der Waals surface area contributed by atoms with Gasteiger partial charge in [-0.3, -0.25) is 4.79 Å². The molecule has 0 aromatic rings. The van der Waals surface area contributed by atoms with Gasteiger partial charge < -0.3 is 15.7 Å². The van der Waals surface area contributed by atoms with E-state index in [0.717, 1.165) is 12.8 Å². The normalized spacial score (nSPS) is 14.7. The van der Waals surface area contributed by atoms with Crippen molar-refractivity contribution in [2.75, 3.05) is 0 Å². The van der Waals surface area contributed by atoms with Gasteiger partial charge in [0.1, 0.15) is 0 Å². The van der Waals surface area contributed by atoms with Crippen molar-refractivity contribution in [3.05, 3.63) is 0 Å². The maximum absolute atomic E-state index is 11.7. The minimum Gasteiger partial charge on any atom is -0.481 e. The van der Waals surface area contributed by atoms with E-state index >= 15 is 0 Å². The highest BCUT2D eigenvalue weighted by Gasteiger charge is 2.24. The summed E-state index contributed by atoms with van der Waals surface area (Å²) < 4.78 is 0.